The number of rotatable bonds is 1. The first kappa shape index (κ1) is 23.8. The zero-order chi connectivity index (χ0) is 12.7. The summed E-state index contributed by atoms with van der Waals surface area (Å²) in [5, 5.41) is 1.66. The monoisotopic (exact) mass is 312 g/mol. The number of hydrogen-bond acceptors (Lipinski definition) is 3. The molecule has 0 saturated heterocycles. The summed E-state index contributed by atoms with van der Waals surface area (Å²) in [7, 11) is -2.86. The van der Waals surface area contributed by atoms with Crippen molar-refractivity contribution in [2.24, 2.45) is 0 Å². The highest BCUT2D eigenvalue weighted by molar-refractivity contribution is 6.71. The van der Waals surface area contributed by atoms with Gasteiger partial charge in [-0.3, -0.25) is 0 Å². The molecule has 0 fully saturated rings. The maximum Gasteiger partial charge on any atom is 0.528 e. The summed E-state index contributed by atoms with van der Waals surface area (Å²) in [6.07, 6.45) is 0. The zero-order valence-corrected chi connectivity index (χ0v) is 12.6. The lowest BCUT2D eigenvalue weighted by Crippen LogP contribution is -2.48. The van der Waals surface area contributed by atoms with Gasteiger partial charge in [-0.25, -0.2) is 0 Å². The lowest BCUT2D eigenvalue weighted by atomic mass is 10.4. The Kier molecular flexibility index (Phi) is 13.8. The lowest BCUT2D eigenvalue weighted by molar-refractivity contribution is 0.249. The van der Waals surface area contributed by atoms with E-state index >= 15 is 0 Å². The first-order chi connectivity index (χ1) is 8.00. The Morgan fingerprint density at radius 1 is 0.650 bits per heavy atom. The van der Waals surface area contributed by atoms with Crippen molar-refractivity contribution in [1.29, 1.82) is 0 Å². The van der Waals surface area contributed by atoms with Crippen molar-refractivity contribution in [2.75, 3.05) is 0 Å². The van der Waals surface area contributed by atoms with Crippen molar-refractivity contribution in [3.8, 4) is 0 Å². The minimum absolute atomic E-state index is 0. The molecular weight excluding hydrogens is 284 g/mol. The molecule has 0 aliphatic heterocycles. The summed E-state index contributed by atoms with van der Waals surface area (Å²) in [5.74, 6) is 0. The van der Waals surface area contributed by atoms with Crippen molar-refractivity contribution < 1.29 is 14.4 Å². The maximum absolute atomic E-state index is 8.74. The van der Waals surface area contributed by atoms with Gasteiger partial charge in [-0.05, 0) is 0 Å². The molecule has 3 nitrogen and oxygen atoms in total. The van der Waals surface area contributed by atoms with E-state index in [1.165, 1.54) is 27.6 Å². The molecule has 2 aromatic rings. The third kappa shape index (κ3) is 9.65. The Morgan fingerprint density at radius 3 is 1.20 bits per heavy atom. The molecule has 0 amide bonds. The Balaban J connectivity index is -0.000000262. The molecule has 3 N–H and O–H groups in total. The standard InChI is InChI=1S/C6H8O3Si.C6H8Si.3CH4/c7-10(8,9)6-4-2-1-3-5-6;7-6-4-2-1-3-5-6;;;/h1-5,7-9H;1-5H,7H3;3*1H4. The molecule has 0 unspecified atom stereocenters. The van der Waals surface area contributed by atoms with Gasteiger partial charge in [0.15, 0.2) is 0 Å². The predicted molar refractivity (Wildman–Crippen MR) is 94.7 cm³/mol. The van der Waals surface area contributed by atoms with Crippen LogP contribution < -0.4 is 10.4 Å². The van der Waals surface area contributed by atoms with E-state index in [-0.39, 0.29) is 27.5 Å². The summed E-state index contributed by atoms with van der Waals surface area (Å²) < 4.78 is 0. The topological polar surface area (TPSA) is 60.7 Å². The second kappa shape index (κ2) is 11.6. The Labute approximate surface area is 127 Å². The van der Waals surface area contributed by atoms with Gasteiger partial charge in [0.2, 0.25) is 0 Å². The van der Waals surface area contributed by atoms with Crippen molar-refractivity contribution in [1.82, 2.24) is 0 Å². The Morgan fingerprint density at radius 2 is 1.00 bits per heavy atom. The van der Waals surface area contributed by atoms with E-state index in [9.17, 15) is 0 Å². The fourth-order valence-corrected chi connectivity index (χ4v) is 2.22. The van der Waals surface area contributed by atoms with Crippen LogP contribution in [0.1, 0.15) is 22.3 Å². The Bertz CT molecular complexity index is 428. The van der Waals surface area contributed by atoms with Crippen LogP contribution in [0.25, 0.3) is 0 Å². The third-order valence-electron chi connectivity index (χ3n) is 2.10. The van der Waals surface area contributed by atoms with Gasteiger partial charge in [-0.1, -0.05) is 88.1 Å². The molecule has 0 spiro atoms. The molecule has 2 aromatic carbocycles. The van der Waals surface area contributed by atoms with E-state index in [0.29, 0.717) is 0 Å². The van der Waals surface area contributed by atoms with Gasteiger partial charge in [0.25, 0.3) is 0 Å². The van der Waals surface area contributed by atoms with Crippen LogP contribution in [0.5, 0.6) is 0 Å². The van der Waals surface area contributed by atoms with Crippen LogP contribution in [-0.2, 0) is 0 Å². The second-order valence-corrected chi connectivity index (χ2v) is 6.66. The van der Waals surface area contributed by atoms with Crippen LogP contribution in [0, 0.1) is 0 Å². The minimum atomic E-state index is -4.03. The summed E-state index contributed by atoms with van der Waals surface area (Å²) in [6, 6.07) is 18.5. The molecule has 20 heavy (non-hydrogen) atoms. The molecule has 0 bridgehead atoms. The molecule has 114 valence electrons. The highest BCUT2D eigenvalue weighted by Gasteiger charge is 2.29. The summed E-state index contributed by atoms with van der Waals surface area (Å²) in [6.45, 7) is 0. The quantitative estimate of drug-likeness (QED) is 0.668. The fourth-order valence-electron chi connectivity index (χ4n) is 1.20. The van der Waals surface area contributed by atoms with Crippen molar-refractivity contribution in [3.05, 3.63) is 60.7 Å². The third-order valence-corrected chi connectivity index (χ3v) is 3.88. The van der Waals surface area contributed by atoms with E-state index < -0.39 is 8.80 Å². The van der Waals surface area contributed by atoms with Crippen molar-refractivity contribution in [3.63, 3.8) is 0 Å². The fraction of sp³-hybridized carbons (Fsp3) is 0.200. The molecule has 0 radical (unpaired) electrons. The maximum atomic E-state index is 8.74. The molecule has 0 aliphatic rings. The smallest absolute Gasteiger partial charge is 0.386 e. The van der Waals surface area contributed by atoms with Crippen LogP contribution in [-0.4, -0.2) is 33.4 Å². The minimum Gasteiger partial charge on any atom is -0.386 e. The highest BCUT2D eigenvalue weighted by Crippen LogP contribution is 1.89. The molecule has 0 saturated carbocycles. The Hall–Kier alpha value is -1.25. The van der Waals surface area contributed by atoms with Crippen LogP contribution in [0.15, 0.2) is 60.7 Å². The molecule has 2 rings (SSSR count). The molecule has 0 aliphatic carbocycles. The van der Waals surface area contributed by atoms with E-state index in [0.717, 1.165) is 0 Å². The summed E-state index contributed by atoms with van der Waals surface area (Å²) >= 11 is 0. The SMILES string of the molecule is C.C.C.O[Si](O)(O)c1ccccc1.[SiH3]c1ccccc1. The van der Waals surface area contributed by atoms with Crippen LogP contribution in [0.2, 0.25) is 0 Å². The van der Waals surface area contributed by atoms with Gasteiger partial charge in [0.05, 0.1) is 0 Å². The lowest BCUT2D eigenvalue weighted by Gasteiger charge is -2.07. The van der Waals surface area contributed by atoms with Gasteiger partial charge in [-0.15, -0.1) is 0 Å². The van der Waals surface area contributed by atoms with Crippen LogP contribution in [0.4, 0.5) is 0 Å². The first-order valence-electron chi connectivity index (χ1n) is 5.24. The largest absolute Gasteiger partial charge is 0.528 e. The molecule has 0 heterocycles. The van der Waals surface area contributed by atoms with E-state index in [2.05, 4.69) is 24.3 Å². The highest BCUT2D eigenvalue weighted by atomic mass is 28.4. The average Bonchev–Trinajstić information content (AvgIpc) is 2.31. The van der Waals surface area contributed by atoms with Gasteiger partial charge in [-0.2, -0.15) is 0 Å². The van der Waals surface area contributed by atoms with Crippen LogP contribution in [0.3, 0.4) is 0 Å². The van der Waals surface area contributed by atoms with E-state index in [1.54, 1.807) is 18.2 Å². The molecule has 0 atom stereocenters. The van der Waals surface area contributed by atoms with Gasteiger partial charge in [0.1, 0.15) is 0 Å². The van der Waals surface area contributed by atoms with Crippen molar-refractivity contribution >= 4 is 29.4 Å². The average molecular weight is 313 g/mol. The number of benzene rings is 2. The predicted octanol–water partition coefficient (Wildman–Crippen LogP) is 0.395. The van der Waals surface area contributed by atoms with Gasteiger partial charge >= 0.3 is 8.80 Å². The summed E-state index contributed by atoms with van der Waals surface area (Å²) in [5.41, 5.74) is 0. The molecule has 0 aromatic heterocycles. The van der Waals surface area contributed by atoms with Crippen LogP contribution >= 0.6 is 0 Å². The normalized spacial score (nSPS) is 8.95. The molecule has 5 heteroatoms. The van der Waals surface area contributed by atoms with E-state index in [4.69, 9.17) is 14.4 Å². The first-order valence-corrected chi connectivity index (χ1v) is 8.08. The number of hydrogen-bond donors (Lipinski definition) is 3. The van der Waals surface area contributed by atoms with E-state index in [1.807, 2.05) is 6.07 Å². The zero-order valence-electron chi connectivity index (χ0n) is 9.62. The molecular formula is C15H28O3Si2. The van der Waals surface area contributed by atoms with Gasteiger partial charge in [0, 0.05) is 15.4 Å². The van der Waals surface area contributed by atoms with Gasteiger partial charge < -0.3 is 14.4 Å². The summed E-state index contributed by atoms with van der Waals surface area (Å²) in [4.78, 5) is 26.2. The second-order valence-electron chi connectivity index (χ2n) is 3.66. The van der Waals surface area contributed by atoms with Crippen molar-refractivity contribution in [2.45, 2.75) is 22.3 Å².